The molecule has 11 nitrogen and oxygen atoms in total. The molecule has 1 saturated carbocycles. The molecule has 4 aliphatic rings. The Morgan fingerprint density at radius 2 is 2.30 bits per heavy atom. The Labute approximate surface area is 188 Å². The monoisotopic (exact) mass is 605 g/mol. The second-order valence-electron chi connectivity index (χ2n) is 8.36. The molecule has 4 heterocycles. The number of aliphatic hydroxyl groups excluding tert-OH is 1. The summed E-state index contributed by atoms with van der Waals surface area (Å²) in [7, 11) is 0. The maximum absolute atomic E-state index is 13.5. The van der Waals surface area contributed by atoms with Gasteiger partial charge in [0, 0.05) is 0 Å². The van der Waals surface area contributed by atoms with Crippen molar-refractivity contribution < 1.29 is 29.3 Å². The summed E-state index contributed by atoms with van der Waals surface area (Å²) in [6.07, 6.45) is 0.680. The van der Waals surface area contributed by atoms with Crippen LogP contribution in [0.1, 0.15) is 10.5 Å². The average molecular weight is 606 g/mol. The molecule has 0 aromatic carbocycles. The van der Waals surface area contributed by atoms with E-state index in [1.807, 2.05) is 0 Å². The molecule has 0 radical (unpaired) electrons. The van der Waals surface area contributed by atoms with Crippen molar-refractivity contribution >= 4 is 27.6 Å². The van der Waals surface area contributed by atoms with Crippen LogP contribution in [0.25, 0.3) is 0 Å². The molecule has 1 spiro atoms. The molecule has 5 rings (SSSR count). The molecule has 2 fully saturated rings. The summed E-state index contributed by atoms with van der Waals surface area (Å²) in [5.74, 6) is -2.56. The number of rotatable bonds is 4. The van der Waals surface area contributed by atoms with Crippen molar-refractivity contribution in [2.24, 2.45) is 51.6 Å². The first-order valence-electron chi connectivity index (χ1n) is 9.67. The number of hydrogen-bond acceptors (Lipinski definition) is 9. The van der Waals surface area contributed by atoms with Crippen molar-refractivity contribution in [2.75, 3.05) is 13.1 Å². The molecule has 13 heteroatoms. The summed E-state index contributed by atoms with van der Waals surface area (Å²) < 4.78 is 2.09. The number of nitrogens with two attached hydrogens (primary N) is 4. The molecule has 11 N–H and O–H groups in total. The van der Waals surface area contributed by atoms with Crippen molar-refractivity contribution in [2.45, 2.75) is 23.1 Å². The number of fused-ring (bicyclic) bond motifs is 3. The van der Waals surface area contributed by atoms with E-state index in [2.05, 4.69) is 15.6 Å². The van der Waals surface area contributed by atoms with E-state index in [-0.39, 0.29) is 29.6 Å². The molecule has 0 bridgehead atoms. The second kappa shape index (κ2) is 6.58. The van der Waals surface area contributed by atoms with Crippen molar-refractivity contribution in [3.8, 4) is 0 Å². The second-order valence-corrected chi connectivity index (χ2v) is 10.4. The van der Waals surface area contributed by atoms with E-state index in [0.29, 0.717) is 22.9 Å². The summed E-state index contributed by atoms with van der Waals surface area (Å²) in [6.45, 7) is 0.696. The summed E-state index contributed by atoms with van der Waals surface area (Å²) in [4.78, 5) is 19.7. The van der Waals surface area contributed by atoms with Crippen LogP contribution in [0, 0.1) is 23.7 Å². The molecule has 1 aromatic heterocycles. The fourth-order valence-electron chi connectivity index (χ4n) is 6.21. The van der Waals surface area contributed by atoms with Crippen molar-refractivity contribution in [3.63, 3.8) is 0 Å². The molecule has 1 amide bonds. The zero-order valence-corrected chi connectivity index (χ0v) is 19.6. The third-order valence-corrected chi connectivity index (χ3v) is 8.22. The first kappa shape index (κ1) is 20.6. The quantitative estimate of drug-likeness (QED) is 0.137. The van der Waals surface area contributed by atoms with Gasteiger partial charge >= 0.3 is 189 Å². The number of guanidine groups is 1. The Morgan fingerprint density at radius 1 is 1.57 bits per heavy atom. The number of carbonyl (C=O) groups excluding carboxylic acids is 1. The van der Waals surface area contributed by atoms with Crippen molar-refractivity contribution in [1.82, 2.24) is 20.1 Å². The predicted octanol–water partition coefficient (Wildman–Crippen LogP) is -3.31. The van der Waals surface area contributed by atoms with Crippen LogP contribution < -0.4 is 33.6 Å². The van der Waals surface area contributed by atoms with Gasteiger partial charge in [-0.25, -0.2) is 0 Å². The van der Waals surface area contributed by atoms with Gasteiger partial charge in [-0.15, -0.1) is 0 Å². The Bertz CT molecular complexity index is 971. The van der Waals surface area contributed by atoms with Gasteiger partial charge in [-0.3, -0.25) is 0 Å². The number of nitrogens with zero attached hydrogens (tertiary/aromatic N) is 3. The number of carbonyl (C=O) groups is 1. The Morgan fingerprint density at radius 3 is 2.97 bits per heavy atom. The van der Waals surface area contributed by atoms with Crippen LogP contribution in [0.4, 0.5) is 0 Å². The number of amides is 1. The van der Waals surface area contributed by atoms with E-state index >= 15 is 0 Å². The zero-order chi connectivity index (χ0) is 21.6. The summed E-state index contributed by atoms with van der Waals surface area (Å²) in [5, 5.41) is 16.7. The maximum atomic E-state index is 13.5. The van der Waals surface area contributed by atoms with Crippen LogP contribution in [-0.2, 0) is 25.1 Å². The van der Waals surface area contributed by atoms with Crippen LogP contribution in [0.3, 0.4) is 0 Å². The van der Waals surface area contributed by atoms with Gasteiger partial charge in [0.15, 0.2) is 0 Å². The van der Waals surface area contributed by atoms with E-state index in [4.69, 9.17) is 34.5 Å². The van der Waals surface area contributed by atoms with E-state index in [0.717, 1.165) is 19.4 Å². The Kier molecular flexibility index (Phi) is 4.51. The molecular weight excluding hydrogens is 582 g/mol. The minimum atomic E-state index is -1.39. The van der Waals surface area contributed by atoms with Gasteiger partial charge in [-0.2, -0.15) is 0 Å². The van der Waals surface area contributed by atoms with Gasteiger partial charge in [-0.05, 0) is 0 Å². The average Bonchev–Trinajstić information content (AvgIpc) is 3.37. The normalized spacial score (nSPS) is 42.2. The summed E-state index contributed by atoms with van der Waals surface area (Å²) in [6, 6.07) is 3.47. The molecule has 8 atom stereocenters. The van der Waals surface area contributed by atoms with Gasteiger partial charge in [0.2, 0.25) is 0 Å². The van der Waals surface area contributed by atoms with Crippen molar-refractivity contribution in [3.05, 3.63) is 24.0 Å². The van der Waals surface area contributed by atoms with Crippen LogP contribution in [0.5, 0.6) is 0 Å². The molecule has 3 unspecified atom stereocenters. The third-order valence-electron chi connectivity index (χ3n) is 7.18. The number of hydrogen-bond donors (Lipinski definition) is 7. The van der Waals surface area contributed by atoms with Crippen LogP contribution in [0.2, 0.25) is 0 Å². The molecule has 1 saturated heterocycles. The molecular formula is C17H24ClN9O2W. The fourth-order valence-corrected chi connectivity index (χ4v) is 7.23. The molecule has 1 aromatic rings. The SMILES string of the molecule is NC[C@@H]1[C@H](Cl)C([C@@H](O)N[C](N)=[W])C2[C@@H]1CN1C(=O)c3cccn3[C@@]3(N)N=C(N)NC213. The first-order valence-corrected chi connectivity index (χ1v) is 11.6. The molecule has 162 valence electrons. The third kappa shape index (κ3) is 2.29. The van der Waals surface area contributed by atoms with Crippen LogP contribution in [-0.4, -0.2) is 60.9 Å². The van der Waals surface area contributed by atoms with E-state index < -0.39 is 29.0 Å². The Balaban J connectivity index is 1.71. The number of aliphatic hydroxyl groups is 1. The number of aromatic nitrogens is 1. The topological polar surface area (TPSA) is 186 Å². The van der Waals surface area contributed by atoms with Crippen molar-refractivity contribution in [1.29, 1.82) is 0 Å². The molecule has 30 heavy (non-hydrogen) atoms. The number of alkyl halides is 1. The van der Waals surface area contributed by atoms with Gasteiger partial charge < -0.3 is 0 Å². The predicted molar refractivity (Wildman–Crippen MR) is 106 cm³/mol. The summed E-state index contributed by atoms with van der Waals surface area (Å²) >= 11 is 7.87. The van der Waals surface area contributed by atoms with E-state index in [1.54, 1.807) is 27.8 Å². The van der Waals surface area contributed by atoms with E-state index in [9.17, 15) is 9.90 Å². The number of nitrogens with one attached hydrogen (secondary N) is 2. The molecule has 1 aliphatic carbocycles. The van der Waals surface area contributed by atoms with E-state index in [1.165, 1.54) is 0 Å². The molecule has 3 aliphatic heterocycles. The fraction of sp³-hybridized carbons (Fsp3) is 0.588. The summed E-state index contributed by atoms with van der Waals surface area (Å²) in [5.41, 5.74) is 24.3. The van der Waals surface area contributed by atoms with Gasteiger partial charge in [0.25, 0.3) is 0 Å². The number of halogens is 1. The zero-order valence-electron chi connectivity index (χ0n) is 15.9. The minimum absolute atomic E-state index is 0.102. The van der Waals surface area contributed by atoms with Gasteiger partial charge in [-0.1, -0.05) is 0 Å². The Hall–Kier alpha value is -1.33. The van der Waals surface area contributed by atoms with Gasteiger partial charge in [0.1, 0.15) is 0 Å². The van der Waals surface area contributed by atoms with Gasteiger partial charge in [0.05, 0.1) is 0 Å². The van der Waals surface area contributed by atoms with Crippen LogP contribution >= 0.6 is 11.6 Å². The number of aliphatic imine (C=N–C) groups is 1. The van der Waals surface area contributed by atoms with Crippen LogP contribution in [0.15, 0.2) is 23.3 Å². The standard InChI is InChI=1S/C17H24ClN9O2.W/c18-12-7(4-19)8-5-27-14(29)9-2-1-3-26(9)17(22)16(27,24-15(21)25-17)11(8)10(12)13(28)23-6-20;/h1-3,7-8,10-13,23,28H,4-5,19-20,22H2,(H3,21,24,25);/t7-,8+,10?,11?,12-,13+,16?,17-;/m0./s1. The first-order chi connectivity index (χ1) is 14.2.